The van der Waals surface area contributed by atoms with Crippen LogP contribution in [0.4, 0.5) is 4.39 Å². The fourth-order valence-corrected chi connectivity index (χ4v) is 2.25. The first-order chi connectivity index (χ1) is 8.58. The molecule has 2 rings (SSSR count). The maximum Gasteiger partial charge on any atom is 0.254 e. The van der Waals surface area contributed by atoms with Crippen molar-refractivity contribution in [3.8, 4) is 0 Å². The number of halogens is 2. The van der Waals surface area contributed by atoms with E-state index in [1.165, 1.54) is 12.1 Å². The topological polar surface area (TPSA) is 53.2 Å². The zero-order valence-corrected chi connectivity index (χ0v) is 11.6. The molecule has 0 saturated carbocycles. The van der Waals surface area contributed by atoms with Gasteiger partial charge in [0.25, 0.3) is 5.91 Å². The molecule has 6 heteroatoms. The second-order valence-electron chi connectivity index (χ2n) is 4.41. The van der Waals surface area contributed by atoms with Gasteiger partial charge in [0, 0.05) is 29.5 Å². The molecule has 1 aliphatic rings. The Kier molecular flexibility index (Phi) is 4.31. The van der Waals surface area contributed by atoms with Crippen molar-refractivity contribution < 1.29 is 9.18 Å². The summed E-state index contributed by atoms with van der Waals surface area (Å²) in [5, 5.41) is 2.76. The fraction of sp³-hybridized carbons (Fsp3) is 0.417. The summed E-state index contributed by atoms with van der Waals surface area (Å²) in [5.41, 5.74) is 6.16. The van der Waals surface area contributed by atoms with Crippen molar-refractivity contribution in [1.82, 2.24) is 16.2 Å². The smallest absolute Gasteiger partial charge is 0.254 e. The highest BCUT2D eigenvalue weighted by Crippen LogP contribution is 2.15. The zero-order chi connectivity index (χ0) is 13.1. The molecule has 0 spiro atoms. The van der Waals surface area contributed by atoms with Gasteiger partial charge in [0.05, 0.1) is 5.56 Å². The van der Waals surface area contributed by atoms with Crippen LogP contribution in [0, 0.1) is 11.7 Å². The number of hydrogen-bond donors (Lipinski definition) is 3. The van der Waals surface area contributed by atoms with Crippen LogP contribution in [-0.2, 0) is 0 Å². The van der Waals surface area contributed by atoms with Gasteiger partial charge < -0.3 is 5.32 Å². The molecule has 1 aliphatic heterocycles. The summed E-state index contributed by atoms with van der Waals surface area (Å²) in [6.45, 7) is 3.35. The van der Waals surface area contributed by atoms with E-state index in [-0.39, 0.29) is 17.5 Å². The highest BCUT2D eigenvalue weighted by molar-refractivity contribution is 9.10. The molecular weight excluding hydrogens is 301 g/mol. The van der Waals surface area contributed by atoms with Crippen LogP contribution < -0.4 is 16.2 Å². The zero-order valence-electron chi connectivity index (χ0n) is 9.97. The maximum absolute atomic E-state index is 13.5. The van der Waals surface area contributed by atoms with Crippen molar-refractivity contribution >= 4 is 21.8 Å². The number of hydrazine groups is 1. The second-order valence-corrected chi connectivity index (χ2v) is 5.32. The first kappa shape index (κ1) is 13.5. The monoisotopic (exact) mass is 315 g/mol. The molecule has 1 aromatic rings. The van der Waals surface area contributed by atoms with E-state index in [1.54, 1.807) is 6.07 Å². The van der Waals surface area contributed by atoms with Gasteiger partial charge in [0.15, 0.2) is 0 Å². The molecule has 1 fully saturated rings. The Morgan fingerprint density at radius 1 is 1.61 bits per heavy atom. The lowest BCUT2D eigenvalue weighted by molar-refractivity contribution is 0.0943. The molecule has 2 atom stereocenters. The number of carbonyl (C=O) groups excluding carboxylic acids is 1. The Balaban J connectivity index is 1.97. The molecule has 0 aliphatic carbocycles. The second kappa shape index (κ2) is 5.77. The molecule has 18 heavy (non-hydrogen) atoms. The predicted octanol–water partition coefficient (Wildman–Crippen LogP) is 1.43. The summed E-state index contributed by atoms with van der Waals surface area (Å²) >= 11 is 3.22. The average Bonchev–Trinajstić information content (AvgIpc) is 2.75. The summed E-state index contributed by atoms with van der Waals surface area (Å²) in [6.07, 6.45) is 0. The number of carbonyl (C=O) groups is 1. The van der Waals surface area contributed by atoms with E-state index in [1.807, 2.05) is 6.92 Å². The minimum atomic E-state index is -0.508. The van der Waals surface area contributed by atoms with Crippen LogP contribution in [0.5, 0.6) is 0 Å². The molecule has 1 heterocycles. The summed E-state index contributed by atoms with van der Waals surface area (Å²) in [7, 11) is 0. The number of benzene rings is 1. The van der Waals surface area contributed by atoms with Crippen LogP contribution >= 0.6 is 15.9 Å². The summed E-state index contributed by atoms with van der Waals surface area (Å²) < 4.78 is 14.2. The molecule has 0 bridgehead atoms. The Bertz CT molecular complexity index is 455. The molecule has 2 unspecified atom stereocenters. The van der Waals surface area contributed by atoms with E-state index in [0.29, 0.717) is 16.9 Å². The molecule has 1 saturated heterocycles. The standard InChI is InChI=1S/C12H15BrFN3O/c1-7-8(6-16-17-7)5-15-12(18)10-4-9(13)2-3-11(10)14/h2-4,7-8,16-17H,5-6H2,1H3,(H,15,18). The Hall–Kier alpha value is -0.980. The van der Waals surface area contributed by atoms with E-state index < -0.39 is 5.82 Å². The van der Waals surface area contributed by atoms with Crippen LogP contribution in [0.1, 0.15) is 17.3 Å². The minimum absolute atomic E-state index is 0.0657. The first-order valence-corrected chi connectivity index (χ1v) is 6.59. The molecule has 1 aromatic carbocycles. The summed E-state index contributed by atoms with van der Waals surface area (Å²) in [4.78, 5) is 11.9. The van der Waals surface area contributed by atoms with Gasteiger partial charge in [-0.1, -0.05) is 15.9 Å². The highest BCUT2D eigenvalue weighted by Gasteiger charge is 2.23. The van der Waals surface area contributed by atoms with Crippen molar-refractivity contribution in [2.45, 2.75) is 13.0 Å². The van der Waals surface area contributed by atoms with Gasteiger partial charge in [0.1, 0.15) is 5.82 Å². The molecule has 98 valence electrons. The largest absolute Gasteiger partial charge is 0.352 e. The SMILES string of the molecule is CC1NNCC1CNC(=O)c1cc(Br)ccc1F. The average molecular weight is 316 g/mol. The van der Waals surface area contributed by atoms with E-state index >= 15 is 0 Å². The lowest BCUT2D eigenvalue weighted by Crippen LogP contribution is -2.35. The van der Waals surface area contributed by atoms with Gasteiger partial charge in [-0.15, -0.1) is 0 Å². The summed E-state index contributed by atoms with van der Waals surface area (Å²) in [6, 6.07) is 4.62. The van der Waals surface area contributed by atoms with Crippen LogP contribution in [0.2, 0.25) is 0 Å². The molecular formula is C12H15BrFN3O. The Labute approximate surface area is 113 Å². The van der Waals surface area contributed by atoms with Crippen LogP contribution in [-0.4, -0.2) is 25.0 Å². The Morgan fingerprint density at radius 2 is 2.39 bits per heavy atom. The third-order valence-corrected chi connectivity index (χ3v) is 3.59. The fourth-order valence-electron chi connectivity index (χ4n) is 1.89. The van der Waals surface area contributed by atoms with Crippen LogP contribution in [0.25, 0.3) is 0 Å². The molecule has 1 amide bonds. The maximum atomic E-state index is 13.5. The number of nitrogens with one attached hydrogen (secondary N) is 3. The van der Waals surface area contributed by atoms with Crippen LogP contribution in [0.3, 0.4) is 0 Å². The van der Waals surface area contributed by atoms with E-state index in [0.717, 1.165) is 6.54 Å². The number of hydrogen-bond acceptors (Lipinski definition) is 3. The normalized spacial score (nSPS) is 23.1. The Morgan fingerprint density at radius 3 is 3.06 bits per heavy atom. The lowest BCUT2D eigenvalue weighted by Gasteiger charge is -2.14. The van der Waals surface area contributed by atoms with Crippen molar-refractivity contribution in [2.24, 2.45) is 5.92 Å². The first-order valence-electron chi connectivity index (χ1n) is 5.79. The predicted molar refractivity (Wildman–Crippen MR) is 70.5 cm³/mol. The van der Waals surface area contributed by atoms with Gasteiger partial charge in [-0.3, -0.25) is 15.6 Å². The van der Waals surface area contributed by atoms with Gasteiger partial charge in [-0.25, -0.2) is 4.39 Å². The number of amides is 1. The van der Waals surface area contributed by atoms with E-state index in [2.05, 4.69) is 32.1 Å². The molecule has 4 nitrogen and oxygen atoms in total. The van der Waals surface area contributed by atoms with Gasteiger partial charge in [0.2, 0.25) is 0 Å². The van der Waals surface area contributed by atoms with Gasteiger partial charge in [-0.05, 0) is 25.1 Å². The third kappa shape index (κ3) is 3.07. The third-order valence-electron chi connectivity index (χ3n) is 3.10. The van der Waals surface area contributed by atoms with Crippen molar-refractivity contribution in [3.63, 3.8) is 0 Å². The van der Waals surface area contributed by atoms with Crippen LogP contribution in [0.15, 0.2) is 22.7 Å². The quantitative estimate of drug-likeness (QED) is 0.791. The molecule has 3 N–H and O–H groups in total. The number of rotatable bonds is 3. The van der Waals surface area contributed by atoms with E-state index in [9.17, 15) is 9.18 Å². The lowest BCUT2D eigenvalue weighted by atomic mass is 10.0. The minimum Gasteiger partial charge on any atom is -0.352 e. The van der Waals surface area contributed by atoms with Crippen molar-refractivity contribution in [3.05, 3.63) is 34.1 Å². The van der Waals surface area contributed by atoms with Crippen molar-refractivity contribution in [2.75, 3.05) is 13.1 Å². The summed E-state index contributed by atoms with van der Waals surface area (Å²) in [5.74, 6) is -0.580. The van der Waals surface area contributed by atoms with Gasteiger partial charge >= 0.3 is 0 Å². The van der Waals surface area contributed by atoms with Crippen molar-refractivity contribution in [1.29, 1.82) is 0 Å². The van der Waals surface area contributed by atoms with E-state index in [4.69, 9.17) is 0 Å². The van der Waals surface area contributed by atoms with Gasteiger partial charge in [-0.2, -0.15) is 0 Å². The highest BCUT2D eigenvalue weighted by atomic mass is 79.9. The molecule has 0 radical (unpaired) electrons. The molecule has 0 aromatic heterocycles.